The van der Waals surface area contributed by atoms with Crippen molar-refractivity contribution in [2.75, 3.05) is 38.2 Å². The minimum absolute atomic E-state index is 0.0114. The number of rotatable bonds is 13. The number of carbonyl (C=O) groups excluding carboxylic acids is 3. The van der Waals surface area contributed by atoms with Crippen molar-refractivity contribution in [3.05, 3.63) is 76.9 Å². The molecule has 2 aromatic carbocycles. The van der Waals surface area contributed by atoms with Crippen LogP contribution in [0, 0.1) is 11.2 Å². The predicted octanol–water partition coefficient (Wildman–Crippen LogP) is 6.56. The molecule has 1 aliphatic carbocycles. The highest BCUT2D eigenvalue weighted by molar-refractivity contribution is 6.08. The zero-order valence-electron chi connectivity index (χ0n) is 35.3. The van der Waals surface area contributed by atoms with Crippen molar-refractivity contribution >= 4 is 34.6 Å². The lowest BCUT2D eigenvalue weighted by atomic mass is 9.99. The number of amides is 3. The highest BCUT2D eigenvalue weighted by Gasteiger charge is 2.56. The van der Waals surface area contributed by atoms with Crippen LogP contribution in [0.25, 0.3) is 22.2 Å². The van der Waals surface area contributed by atoms with E-state index in [9.17, 15) is 14.4 Å². The summed E-state index contributed by atoms with van der Waals surface area (Å²) in [4.78, 5) is 49.3. The summed E-state index contributed by atoms with van der Waals surface area (Å²) in [7, 11) is 0. The van der Waals surface area contributed by atoms with E-state index in [0.29, 0.717) is 70.8 Å². The first-order valence-corrected chi connectivity index (χ1v) is 21.2. The highest BCUT2D eigenvalue weighted by Crippen LogP contribution is 2.46. The van der Waals surface area contributed by atoms with E-state index >= 15 is 4.39 Å². The van der Waals surface area contributed by atoms with Gasteiger partial charge in [0.25, 0.3) is 0 Å². The van der Waals surface area contributed by atoms with E-state index < -0.39 is 11.0 Å². The van der Waals surface area contributed by atoms with Gasteiger partial charge in [0, 0.05) is 87.9 Å². The van der Waals surface area contributed by atoms with Crippen LogP contribution in [0.3, 0.4) is 0 Å². The van der Waals surface area contributed by atoms with Crippen LogP contribution in [0.4, 0.5) is 14.9 Å². The number of fused-ring (bicyclic) bond motifs is 1. The maximum Gasteiger partial charge on any atom is 0.410 e. The normalized spacial score (nSPS) is 18.4. The number of carbonyl (C=O) groups is 3. The van der Waals surface area contributed by atoms with Crippen LogP contribution in [0.15, 0.2) is 48.7 Å². The molecule has 0 radical (unpaired) electrons. The van der Waals surface area contributed by atoms with E-state index in [1.807, 2.05) is 69.8 Å². The molecule has 14 heteroatoms. The number of aryl methyl sites for hydroxylation is 2. The molecule has 2 saturated heterocycles. The Morgan fingerprint density at radius 1 is 0.983 bits per heavy atom. The molecule has 1 atom stereocenters. The van der Waals surface area contributed by atoms with Gasteiger partial charge in [-0.3, -0.25) is 14.5 Å². The predicted molar refractivity (Wildman–Crippen MR) is 225 cm³/mol. The van der Waals surface area contributed by atoms with E-state index in [-0.39, 0.29) is 48.9 Å². The molecule has 7 rings (SSSR count). The molecule has 3 N–H and O–H groups in total. The van der Waals surface area contributed by atoms with Crippen LogP contribution in [0.1, 0.15) is 89.6 Å². The van der Waals surface area contributed by atoms with Crippen molar-refractivity contribution in [3.8, 4) is 11.1 Å². The molecule has 316 valence electrons. The number of hydrogen-bond acceptors (Lipinski definition) is 9. The van der Waals surface area contributed by atoms with E-state index in [1.54, 1.807) is 17.0 Å². The van der Waals surface area contributed by atoms with Gasteiger partial charge in [0.1, 0.15) is 16.8 Å². The van der Waals surface area contributed by atoms with Gasteiger partial charge in [-0.15, -0.1) is 0 Å². The lowest BCUT2D eigenvalue weighted by Gasteiger charge is -2.40. The van der Waals surface area contributed by atoms with Crippen molar-refractivity contribution in [1.29, 1.82) is 0 Å². The van der Waals surface area contributed by atoms with E-state index in [2.05, 4.69) is 32.9 Å². The number of nitrogens with zero attached hydrogens (tertiary/aromatic N) is 5. The number of hydrogen-bond donors (Lipinski definition) is 3. The maximum absolute atomic E-state index is 15.4. The molecule has 4 aromatic rings. The van der Waals surface area contributed by atoms with Crippen molar-refractivity contribution in [1.82, 2.24) is 35.2 Å². The maximum atomic E-state index is 15.4. The lowest BCUT2D eigenvalue weighted by molar-refractivity contribution is -0.137. The number of nitrogens with one attached hydrogen (secondary N) is 3. The second-order valence-electron chi connectivity index (χ2n) is 17.2. The number of piperazine rings is 1. The van der Waals surface area contributed by atoms with Gasteiger partial charge in [0.15, 0.2) is 5.65 Å². The van der Waals surface area contributed by atoms with Crippen LogP contribution >= 0.6 is 0 Å². The third-order valence-electron chi connectivity index (χ3n) is 11.7. The van der Waals surface area contributed by atoms with Gasteiger partial charge in [-0.2, -0.15) is 5.10 Å². The van der Waals surface area contributed by atoms with Gasteiger partial charge in [-0.1, -0.05) is 31.2 Å². The Kier molecular flexibility index (Phi) is 12.6. The fourth-order valence-electron chi connectivity index (χ4n) is 8.24. The number of halogens is 1. The molecule has 59 heavy (non-hydrogen) atoms. The summed E-state index contributed by atoms with van der Waals surface area (Å²) < 4.78 is 28.4. The third kappa shape index (κ3) is 9.54. The molecule has 0 bridgehead atoms. The van der Waals surface area contributed by atoms with Gasteiger partial charge >= 0.3 is 6.09 Å². The smallest absolute Gasteiger partial charge is 0.410 e. The molecular formula is C45H59FN8O5. The average molecular weight is 811 g/mol. The first-order chi connectivity index (χ1) is 28.3. The quantitative estimate of drug-likeness (QED) is 0.128. The fraction of sp³-hybridized carbons (Fsp3) is 0.533. The molecule has 2 aromatic heterocycles. The largest absolute Gasteiger partial charge is 0.444 e. The topological polar surface area (TPSA) is 143 Å². The zero-order valence-corrected chi connectivity index (χ0v) is 35.3. The highest BCUT2D eigenvalue weighted by atomic mass is 19.1. The van der Waals surface area contributed by atoms with Crippen molar-refractivity contribution < 1.29 is 28.2 Å². The minimum atomic E-state index is -1.15. The van der Waals surface area contributed by atoms with Gasteiger partial charge in [0.2, 0.25) is 11.8 Å². The van der Waals surface area contributed by atoms with Gasteiger partial charge in [0.05, 0.1) is 17.3 Å². The molecule has 13 nitrogen and oxygen atoms in total. The second kappa shape index (κ2) is 17.6. The van der Waals surface area contributed by atoms with E-state index in [4.69, 9.17) is 14.5 Å². The molecule has 3 amide bonds. The molecule has 3 aliphatic rings. The van der Waals surface area contributed by atoms with Gasteiger partial charge < -0.3 is 30.3 Å². The standard InChI is InChI=1S/C45H59FN8O5/c1-7-38-35(39(50-33-14-20-58-21-15-33)36-26-49-54(8-2)40(36)51-38)25-48-42(56)45(16-17-45)41(55)47-24-30-12-13-37(46)34(23-30)32-11-9-10-31(22-32)28-52-18-19-53(29(3)27-52)43(57)59-44(4,5)6/h9-13,22-23,26,29,33H,7-8,14-21,24-25,27-28H2,1-6H3,(H,47,55)(H,48,56)(H,50,51)/t29-/m0/s1. The SMILES string of the molecule is CCc1nc2c(cnn2CC)c(NC2CCOCC2)c1CNC(=O)C1(C(=O)NCc2ccc(F)c(-c3cccc(CN4CCN(C(=O)OC(C)(C)C)[C@@H](C)C4)c3)c2)CC1. The Labute approximate surface area is 346 Å². The van der Waals surface area contributed by atoms with Crippen LogP contribution < -0.4 is 16.0 Å². The number of aromatic nitrogens is 3. The summed E-state index contributed by atoms with van der Waals surface area (Å²) in [6, 6.07) is 12.9. The van der Waals surface area contributed by atoms with Crippen LogP contribution in [-0.2, 0) is 51.7 Å². The molecule has 2 aliphatic heterocycles. The molecule has 4 heterocycles. The van der Waals surface area contributed by atoms with Crippen molar-refractivity contribution in [3.63, 3.8) is 0 Å². The average Bonchev–Trinajstić information content (AvgIpc) is 3.93. The Morgan fingerprint density at radius 3 is 2.41 bits per heavy atom. The van der Waals surface area contributed by atoms with Gasteiger partial charge in [-0.05, 0) is 102 Å². The fourth-order valence-corrected chi connectivity index (χ4v) is 8.24. The Bertz CT molecular complexity index is 2170. The first-order valence-electron chi connectivity index (χ1n) is 21.2. The van der Waals surface area contributed by atoms with Crippen LogP contribution in [-0.4, -0.2) is 93.0 Å². The second-order valence-corrected chi connectivity index (χ2v) is 17.2. The third-order valence-corrected chi connectivity index (χ3v) is 11.7. The van der Waals surface area contributed by atoms with Gasteiger partial charge in [-0.25, -0.2) is 18.9 Å². The minimum Gasteiger partial charge on any atom is -0.444 e. The first kappa shape index (κ1) is 42.1. The molecule has 3 fully saturated rings. The number of benzene rings is 2. The molecule has 1 saturated carbocycles. The van der Waals surface area contributed by atoms with Crippen molar-refractivity contribution in [2.45, 2.75) is 118 Å². The van der Waals surface area contributed by atoms with E-state index in [0.717, 1.165) is 57.5 Å². The number of anilines is 1. The monoisotopic (exact) mass is 810 g/mol. The number of ether oxygens (including phenoxy) is 2. The molecular weight excluding hydrogens is 752 g/mol. The van der Waals surface area contributed by atoms with Crippen LogP contribution in [0.5, 0.6) is 0 Å². The molecule has 0 unspecified atom stereocenters. The molecule has 0 spiro atoms. The van der Waals surface area contributed by atoms with Crippen LogP contribution in [0.2, 0.25) is 0 Å². The summed E-state index contributed by atoms with van der Waals surface area (Å²) in [5.74, 6) is -1.00. The van der Waals surface area contributed by atoms with Crippen molar-refractivity contribution in [2.24, 2.45) is 5.41 Å². The summed E-state index contributed by atoms with van der Waals surface area (Å²) >= 11 is 0. The number of pyridine rings is 1. The Balaban J connectivity index is 0.985. The summed E-state index contributed by atoms with van der Waals surface area (Å²) in [5.41, 5.74) is 4.75. The van der Waals surface area contributed by atoms with E-state index in [1.165, 1.54) is 6.07 Å². The summed E-state index contributed by atoms with van der Waals surface area (Å²) in [6.45, 7) is 16.8. The Hall–Kier alpha value is -5.08. The lowest BCUT2D eigenvalue weighted by Crippen LogP contribution is -2.54. The summed E-state index contributed by atoms with van der Waals surface area (Å²) in [6.07, 6.45) is 4.87. The Morgan fingerprint density at radius 2 is 1.73 bits per heavy atom. The zero-order chi connectivity index (χ0) is 41.9. The summed E-state index contributed by atoms with van der Waals surface area (Å²) in [5, 5.41) is 15.3.